The van der Waals surface area contributed by atoms with Gasteiger partial charge in [-0.05, 0) is 71.1 Å². The number of methoxy groups -OCH3 is 1. The molecule has 0 fully saturated rings. The number of ether oxygens (including phenoxy) is 1. The lowest BCUT2D eigenvalue weighted by atomic mass is 10.2. The number of benzene rings is 3. The van der Waals surface area contributed by atoms with Crippen LogP contribution >= 0.6 is 11.8 Å². The molecule has 3 aromatic carbocycles. The molecular weight excluding hydrogens is 440 g/mol. The number of amides is 2. The number of rotatable bonds is 8. The number of carbonyl (C=O) groups excluding carboxylic acids is 2. The van der Waals surface area contributed by atoms with Crippen LogP contribution in [0.2, 0.25) is 0 Å². The van der Waals surface area contributed by atoms with Gasteiger partial charge in [0.25, 0.3) is 5.91 Å². The summed E-state index contributed by atoms with van der Waals surface area (Å²) in [7, 11) is 1.58. The minimum atomic E-state index is -0.249. The number of nitrogens with one attached hydrogen (secondary N) is 2. The summed E-state index contributed by atoms with van der Waals surface area (Å²) >= 11 is 1.23. The summed E-state index contributed by atoms with van der Waals surface area (Å²) in [6.45, 7) is 0. The third-order valence-electron chi connectivity index (χ3n) is 4.55. The maximum atomic E-state index is 12.4. The molecule has 0 atom stereocenters. The number of tetrazole rings is 1. The van der Waals surface area contributed by atoms with E-state index in [1.165, 1.54) is 11.8 Å². The first-order valence-corrected chi connectivity index (χ1v) is 10.9. The monoisotopic (exact) mass is 460 g/mol. The molecule has 33 heavy (non-hydrogen) atoms. The van der Waals surface area contributed by atoms with Gasteiger partial charge in [0.2, 0.25) is 11.1 Å². The van der Waals surface area contributed by atoms with E-state index in [1.54, 1.807) is 60.3 Å². The van der Waals surface area contributed by atoms with E-state index in [4.69, 9.17) is 4.74 Å². The Bertz CT molecular complexity index is 1230. The van der Waals surface area contributed by atoms with Crippen molar-refractivity contribution >= 4 is 35.0 Å². The molecule has 1 heterocycles. The summed E-state index contributed by atoms with van der Waals surface area (Å²) in [4.78, 5) is 24.8. The maximum Gasteiger partial charge on any atom is 0.255 e. The molecule has 2 N–H and O–H groups in total. The minimum absolute atomic E-state index is 0.132. The number of nitrogens with zero attached hydrogens (tertiary/aromatic N) is 4. The van der Waals surface area contributed by atoms with Gasteiger partial charge < -0.3 is 15.4 Å². The van der Waals surface area contributed by atoms with Gasteiger partial charge in [-0.2, -0.15) is 4.68 Å². The van der Waals surface area contributed by atoms with Crippen LogP contribution in [-0.4, -0.2) is 44.9 Å². The van der Waals surface area contributed by atoms with Crippen molar-refractivity contribution in [2.75, 3.05) is 23.5 Å². The number of anilines is 2. The first kappa shape index (κ1) is 22.0. The molecule has 4 aromatic rings. The lowest BCUT2D eigenvalue weighted by Gasteiger charge is -2.08. The molecule has 0 aliphatic rings. The highest BCUT2D eigenvalue weighted by Gasteiger charge is 2.12. The Labute approximate surface area is 194 Å². The fraction of sp³-hybridized carbons (Fsp3) is 0.0870. The number of carbonyl (C=O) groups is 2. The van der Waals surface area contributed by atoms with Crippen LogP contribution in [0.3, 0.4) is 0 Å². The highest BCUT2D eigenvalue weighted by atomic mass is 32.2. The van der Waals surface area contributed by atoms with Gasteiger partial charge in [0.1, 0.15) is 5.75 Å². The Morgan fingerprint density at radius 1 is 0.909 bits per heavy atom. The van der Waals surface area contributed by atoms with Gasteiger partial charge in [0.05, 0.1) is 18.6 Å². The second-order valence-electron chi connectivity index (χ2n) is 6.81. The fourth-order valence-electron chi connectivity index (χ4n) is 2.91. The standard InChI is InChI=1S/C23H20N6O3S/c1-32-20-13-11-18(12-14-20)25-22(31)16-7-9-17(10-8-16)24-21(30)15-33-23-26-27-28-29(23)19-5-3-2-4-6-19/h2-14H,15H2,1H3,(H,24,30)(H,25,31). The Hall–Kier alpha value is -4.18. The van der Waals surface area contributed by atoms with Crippen molar-refractivity contribution in [3.8, 4) is 11.4 Å². The van der Waals surface area contributed by atoms with Crippen LogP contribution in [0, 0.1) is 0 Å². The second-order valence-corrected chi connectivity index (χ2v) is 7.75. The molecule has 0 radical (unpaired) electrons. The van der Waals surface area contributed by atoms with Crippen molar-refractivity contribution in [1.29, 1.82) is 0 Å². The first-order valence-electron chi connectivity index (χ1n) is 9.94. The van der Waals surface area contributed by atoms with E-state index in [0.717, 1.165) is 5.69 Å². The van der Waals surface area contributed by atoms with Crippen molar-refractivity contribution in [3.05, 3.63) is 84.4 Å². The van der Waals surface area contributed by atoms with Crippen LogP contribution in [0.4, 0.5) is 11.4 Å². The van der Waals surface area contributed by atoms with E-state index in [2.05, 4.69) is 26.2 Å². The summed E-state index contributed by atoms with van der Waals surface area (Å²) in [6.07, 6.45) is 0. The zero-order valence-corrected chi connectivity index (χ0v) is 18.5. The molecule has 166 valence electrons. The molecule has 0 saturated heterocycles. The molecule has 9 nitrogen and oxygen atoms in total. The van der Waals surface area contributed by atoms with E-state index >= 15 is 0 Å². The zero-order valence-electron chi connectivity index (χ0n) is 17.6. The van der Waals surface area contributed by atoms with Gasteiger partial charge in [-0.3, -0.25) is 9.59 Å². The van der Waals surface area contributed by atoms with Crippen LogP contribution in [0.1, 0.15) is 10.4 Å². The quantitative estimate of drug-likeness (QED) is 0.386. The van der Waals surface area contributed by atoms with Crippen molar-refractivity contribution in [2.45, 2.75) is 5.16 Å². The highest BCUT2D eigenvalue weighted by molar-refractivity contribution is 7.99. The highest BCUT2D eigenvalue weighted by Crippen LogP contribution is 2.19. The molecule has 0 aliphatic heterocycles. The Morgan fingerprint density at radius 3 is 2.27 bits per heavy atom. The van der Waals surface area contributed by atoms with E-state index in [-0.39, 0.29) is 17.6 Å². The van der Waals surface area contributed by atoms with Crippen molar-refractivity contribution in [3.63, 3.8) is 0 Å². The normalized spacial score (nSPS) is 10.5. The third-order valence-corrected chi connectivity index (χ3v) is 5.47. The Kier molecular flexibility index (Phi) is 6.96. The largest absolute Gasteiger partial charge is 0.497 e. The summed E-state index contributed by atoms with van der Waals surface area (Å²) in [5.41, 5.74) is 2.53. The molecule has 1 aromatic heterocycles. The van der Waals surface area contributed by atoms with Gasteiger partial charge in [0, 0.05) is 16.9 Å². The lowest BCUT2D eigenvalue weighted by molar-refractivity contribution is -0.113. The molecular formula is C23H20N6O3S. The predicted octanol–water partition coefficient (Wildman–Crippen LogP) is 3.65. The van der Waals surface area contributed by atoms with Crippen molar-refractivity contribution in [1.82, 2.24) is 20.2 Å². The Morgan fingerprint density at radius 2 is 1.58 bits per heavy atom. The maximum absolute atomic E-state index is 12.4. The number of hydrogen-bond acceptors (Lipinski definition) is 7. The van der Waals surface area contributed by atoms with Gasteiger partial charge in [-0.25, -0.2) is 0 Å². The van der Waals surface area contributed by atoms with E-state index in [0.29, 0.717) is 27.8 Å². The average Bonchev–Trinajstić information content (AvgIpc) is 3.33. The molecule has 0 unspecified atom stereocenters. The van der Waals surface area contributed by atoms with Gasteiger partial charge in [0.15, 0.2) is 0 Å². The fourth-order valence-corrected chi connectivity index (χ4v) is 3.60. The topological polar surface area (TPSA) is 111 Å². The first-order chi connectivity index (χ1) is 16.1. The molecule has 0 spiro atoms. The minimum Gasteiger partial charge on any atom is -0.497 e. The SMILES string of the molecule is COc1ccc(NC(=O)c2ccc(NC(=O)CSc3nnnn3-c3ccccc3)cc2)cc1. The number of hydrogen-bond donors (Lipinski definition) is 2. The number of thioether (sulfide) groups is 1. The number of para-hydroxylation sites is 1. The van der Waals surface area contributed by atoms with Crippen LogP contribution in [0.5, 0.6) is 5.75 Å². The molecule has 2 amide bonds. The lowest BCUT2D eigenvalue weighted by Crippen LogP contribution is -2.15. The van der Waals surface area contributed by atoms with Gasteiger partial charge in [-0.1, -0.05) is 30.0 Å². The number of aromatic nitrogens is 4. The van der Waals surface area contributed by atoms with E-state index in [9.17, 15) is 9.59 Å². The molecule has 0 saturated carbocycles. The zero-order chi connectivity index (χ0) is 23.0. The van der Waals surface area contributed by atoms with Crippen LogP contribution in [0.25, 0.3) is 5.69 Å². The van der Waals surface area contributed by atoms with Crippen molar-refractivity contribution in [2.24, 2.45) is 0 Å². The van der Waals surface area contributed by atoms with Gasteiger partial charge in [-0.15, -0.1) is 5.10 Å². The summed E-state index contributed by atoms with van der Waals surface area (Å²) in [5.74, 6) is 0.384. The van der Waals surface area contributed by atoms with E-state index < -0.39 is 0 Å². The van der Waals surface area contributed by atoms with Gasteiger partial charge >= 0.3 is 0 Å². The predicted molar refractivity (Wildman–Crippen MR) is 126 cm³/mol. The van der Waals surface area contributed by atoms with E-state index in [1.807, 2.05) is 30.3 Å². The summed E-state index contributed by atoms with van der Waals surface area (Å²) in [6, 6.07) is 23.2. The van der Waals surface area contributed by atoms with Crippen LogP contribution < -0.4 is 15.4 Å². The molecule has 4 rings (SSSR count). The smallest absolute Gasteiger partial charge is 0.255 e. The van der Waals surface area contributed by atoms with Crippen molar-refractivity contribution < 1.29 is 14.3 Å². The average molecular weight is 461 g/mol. The molecule has 0 bridgehead atoms. The summed E-state index contributed by atoms with van der Waals surface area (Å²) < 4.78 is 6.69. The van der Waals surface area contributed by atoms with Crippen LogP contribution in [-0.2, 0) is 4.79 Å². The van der Waals surface area contributed by atoms with Crippen LogP contribution in [0.15, 0.2) is 84.0 Å². The molecule has 0 aliphatic carbocycles. The second kappa shape index (κ2) is 10.4. The summed E-state index contributed by atoms with van der Waals surface area (Å²) in [5, 5.41) is 17.8. The molecule has 10 heteroatoms. The Balaban J connectivity index is 1.30. The third kappa shape index (κ3) is 5.74.